The van der Waals surface area contributed by atoms with Gasteiger partial charge in [0.25, 0.3) is 0 Å². The van der Waals surface area contributed by atoms with Gasteiger partial charge in [0.1, 0.15) is 11.9 Å². The summed E-state index contributed by atoms with van der Waals surface area (Å²) in [6.45, 7) is 1.10. The van der Waals surface area contributed by atoms with Crippen LogP contribution in [0.5, 0.6) is 0 Å². The van der Waals surface area contributed by atoms with Gasteiger partial charge >= 0.3 is 5.97 Å². The molecule has 0 radical (unpaired) electrons. The molecule has 8 heteroatoms. The van der Waals surface area contributed by atoms with Crippen molar-refractivity contribution in [1.29, 1.82) is 0 Å². The summed E-state index contributed by atoms with van der Waals surface area (Å²) in [7, 11) is 0. The van der Waals surface area contributed by atoms with Crippen LogP contribution in [0.1, 0.15) is 18.4 Å². The maximum Gasteiger partial charge on any atom is 0.320 e. The number of benzene rings is 1. The number of aromatic nitrogens is 2. The van der Waals surface area contributed by atoms with Crippen molar-refractivity contribution in [3.8, 4) is 0 Å². The fourth-order valence-corrected chi connectivity index (χ4v) is 3.21. The van der Waals surface area contributed by atoms with Crippen molar-refractivity contribution < 1.29 is 14.7 Å². The summed E-state index contributed by atoms with van der Waals surface area (Å²) in [5.74, 6) is -0.584. The number of likely N-dealkylation sites (tertiary alicyclic amines) is 1. The lowest BCUT2D eigenvalue weighted by Gasteiger charge is -2.20. The van der Waals surface area contributed by atoms with Crippen LogP contribution in [0.15, 0.2) is 36.5 Å². The van der Waals surface area contributed by atoms with E-state index < -0.39 is 12.0 Å². The van der Waals surface area contributed by atoms with Crippen LogP contribution in [0.2, 0.25) is 5.02 Å². The number of nitrogens with one attached hydrogen (secondary N) is 1. The number of hydrogen-bond donors (Lipinski definition) is 2. The zero-order valence-electron chi connectivity index (χ0n) is 13.6. The van der Waals surface area contributed by atoms with Crippen LogP contribution in [0.4, 0.5) is 5.82 Å². The molecule has 1 aromatic heterocycles. The van der Waals surface area contributed by atoms with Gasteiger partial charge in [-0.2, -0.15) is 5.10 Å². The van der Waals surface area contributed by atoms with Crippen LogP contribution in [-0.4, -0.2) is 50.8 Å². The number of carboxylic acids is 1. The number of carboxylic acid groups (broad SMARTS) is 1. The fraction of sp³-hybridized carbons (Fsp3) is 0.353. The van der Waals surface area contributed by atoms with Gasteiger partial charge in [-0.1, -0.05) is 29.8 Å². The molecule has 1 amide bonds. The number of carbonyl (C=O) groups excluding carboxylic acids is 1. The summed E-state index contributed by atoms with van der Waals surface area (Å²) >= 11 is 6.17. The quantitative estimate of drug-likeness (QED) is 0.821. The molecule has 0 spiro atoms. The smallest absolute Gasteiger partial charge is 0.320 e. The summed E-state index contributed by atoms with van der Waals surface area (Å²) in [4.78, 5) is 25.2. The molecule has 7 nitrogen and oxygen atoms in total. The Hall–Kier alpha value is -2.38. The van der Waals surface area contributed by atoms with E-state index in [4.69, 9.17) is 11.6 Å². The van der Waals surface area contributed by atoms with Gasteiger partial charge in [-0.05, 0) is 31.0 Å². The zero-order valence-corrected chi connectivity index (χ0v) is 14.3. The molecule has 0 unspecified atom stereocenters. The van der Waals surface area contributed by atoms with E-state index in [-0.39, 0.29) is 12.5 Å². The molecular weight excluding hydrogens is 344 g/mol. The Kier molecular flexibility index (Phi) is 5.35. The van der Waals surface area contributed by atoms with Crippen molar-refractivity contribution in [2.24, 2.45) is 0 Å². The number of nitrogens with zero attached hydrogens (tertiary/aromatic N) is 3. The van der Waals surface area contributed by atoms with Crippen molar-refractivity contribution in [3.05, 3.63) is 47.1 Å². The van der Waals surface area contributed by atoms with E-state index in [9.17, 15) is 14.7 Å². The summed E-state index contributed by atoms with van der Waals surface area (Å²) < 4.78 is 1.65. The average molecular weight is 363 g/mol. The first-order valence-electron chi connectivity index (χ1n) is 8.06. The Morgan fingerprint density at radius 3 is 2.88 bits per heavy atom. The molecule has 25 heavy (non-hydrogen) atoms. The number of hydrogen-bond acceptors (Lipinski definition) is 4. The highest BCUT2D eigenvalue weighted by molar-refractivity contribution is 6.31. The van der Waals surface area contributed by atoms with E-state index in [1.165, 1.54) is 0 Å². The number of amides is 1. The third kappa shape index (κ3) is 4.18. The standard InChI is InChI=1S/C17H19ClN4O3/c18-13-5-2-1-4-12(13)10-22-15(7-8-19-22)20-16(23)11-21-9-3-6-14(21)17(24)25/h1-2,4-5,7-8,14H,3,6,9-11H2,(H,20,23)(H,24,25)/t14-/m1/s1. The van der Waals surface area contributed by atoms with Crippen LogP contribution in [0.3, 0.4) is 0 Å². The van der Waals surface area contributed by atoms with Gasteiger partial charge in [0, 0.05) is 11.1 Å². The third-order valence-corrected chi connectivity index (χ3v) is 4.63. The monoisotopic (exact) mass is 362 g/mol. The highest BCUT2D eigenvalue weighted by atomic mass is 35.5. The molecule has 1 fully saturated rings. The first-order valence-corrected chi connectivity index (χ1v) is 8.44. The zero-order chi connectivity index (χ0) is 17.8. The third-order valence-electron chi connectivity index (χ3n) is 4.26. The second kappa shape index (κ2) is 7.67. The van der Waals surface area contributed by atoms with Gasteiger partial charge in [0.2, 0.25) is 5.91 Å². The Bertz CT molecular complexity index is 777. The van der Waals surface area contributed by atoms with Gasteiger partial charge in [0.05, 0.1) is 19.3 Å². The van der Waals surface area contributed by atoms with E-state index >= 15 is 0 Å². The van der Waals surface area contributed by atoms with Gasteiger partial charge in [-0.15, -0.1) is 0 Å². The summed E-state index contributed by atoms with van der Waals surface area (Å²) in [6, 6.07) is 8.57. The lowest BCUT2D eigenvalue weighted by molar-refractivity contribution is -0.142. The predicted octanol–water partition coefficient (Wildman–Crippen LogP) is 2.07. The molecular formula is C17H19ClN4O3. The summed E-state index contributed by atoms with van der Waals surface area (Å²) in [6.07, 6.45) is 2.96. The number of anilines is 1. The molecule has 1 aliphatic rings. The first-order chi connectivity index (χ1) is 12.0. The van der Waals surface area contributed by atoms with Crippen molar-refractivity contribution in [2.45, 2.75) is 25.4 Å². The highest BCUT2D eigenvalue weighted by Gasteiger charge is 2.31. The van der Waals surface area contributed by atoms with Crippen LogP contribution < -0.4 is 5.32 Å². The van der Waals surface area contributed by atoms with E-state index in [2.05, 4.69) is 10.4 Å². The maximum absolute atomic E-state index is 12.3. The lowest BCUT2D eigenvalue weighted by atomic mass is 10.2. The SMILES string of the molecule is O=C(CN1CCC[C@@H]1C(=O)O)Nc1ccnn1Cc1ccccc1Cl. The molecule has 2 N–H and O–H groups in total. The normalized spacial score (nSPS) is 17.6. The number of halogens is 1. The van der Waals surface area contributed by atoms with E-state index in [1.54, 1.807) is 27.9 Å². The minimum atomic E-state index is -0.880. The Morgan fingerprint density at radius 2 is 2.12 bits per heavy atom. The van der Waals surface area contributed by atoms with Crippen molar-refractivity contribution in [2.75, 3.05) is 18.4 Å². The molecule has 2 heterocycles. The molecule has 1 aliphatic heterocycles. The molecule has 0 saturated carbocycles. The van der Waals surface area contributed by atoms with E-state index in [1.807, 2.05) is 18.2 Å². The maximum atomic E-state index is 12.3. The molecule has 1 atom stereocenters. The van der Waals surface area contributed by atoms with Crippen LogP contribution >= 0.6 is 11.6 Å². The Labute approximate surface area is 150 Å². The molecule has 1 aromatic carbocycles. The summed E-state index contributed by atoms with van der Waals surface area (Å²) in [5.41, 5.74) is 0.897. The van der Waals surface area contributed by atoms with Crippen LogP contribution in [0.25, 0.3) is 0 Å². The van der Waals surface area contributed by atoms with Crippen molar-refractivity contribution in [3.63, 3.8) is 0 Å². The van der Waals surface area contributed by atoms with Crippen LogP contribution in [0, 0.1) is 0 Å². The Balaban J connectivity index is 1.64. The minimum absolute atomic E-state index is 0.0498. The van der Waals surface area contributed by atoms with Gasteiger partial charge in [0.15, 0.2) is 0 Å². The minimum Gasteiger partial charge on any atom is -0.480 e. The topological polar surface area (TPSA) is 87.5 Å². The lowest BCUT2D eigenvalue weighted by Crippen LogP contribution is -2.41. The van der Waals surface area contributed by atoms with Gasteiger partial charge < -0.3 is 10.4 Å². The van der Waals surface area contributed by atoms with Gasteiger partial charge in [-0.25, -0.2) is 4.68 Å². The molecule has 132 valence electrons. The largest absolute Gasteiger partial charge is 0.480 e. The second-order valence-electron chi connectivity index (χ2n) is 5.98. The molecule has 0 bridgehead atoms. The van der Waals surface area contributed by atoms with Crippen molar-refractivity contribution in [1.82, 2.24) is 14.7 Å². The highest BCUT2D eigenvalue weighted by Crippen LogP contribution is 2.19. The molecule has 1 saturated heterocycles. The number of aliphatic carboxylic acids is 1. The molecule has 0 aliphatic carbocycles. The summed E-state index contributed by atoms with van der Waals surface area (Å²) in [5, 5.41) is 16.8. The first kappa shape index (κ1) is 17.4. The molecule has 2 aromatic rings. The fourth-order valence-electron chi connectivity index (χ4n) is 3.01. The predicted molar refractivity (Wildman–Crippen MR) is 93.6 cm³/mol. The average Bonchev–Trinajstić information content (AvgIpc) is 3.19. The molecule has 3 rings (SSSR count). The van der Waals surface area contributed by atoms with Crippen molar-refractivity contribution >= 4 is 29.3 Å². The number of rotatable bonds is 6. The number of carbonyl (C=O) groups is 2. The van der Waals surface area contributed by atoms with E-state index in [0.29, 0.717) is 30.4 Å². The van der Waals surface area contributed by atoms with Crippen LogP contribution in [-0.2, 0) is 16.1 Å². The van der Waals surface area contributed by atoms with E-state index in [0.717, 1.165) is 12.0 Å². The second-order valence-corrected chi connectivity index (χ2v) is 6.39. The van der Waals surface area contributed by atoms with Gasteiger partial charge in [-0.3, -0.25) is 14.5 Å². The Morgan fingerprint density at radius 1 is 1.32 bits per heavy atom.